The van der Waals surface area contributed by atoms with Crippen LogP contribution in [0.3, 0.4) is 0 Å². The quantitative estimate of drug-likeness (QED) is 0.723. The Kier molecular flexibility index (Phi) is 3.86. The molecule has 0 saturated heterocycles. The summed E-state index contributed by atoms with van der Waals surface area (Å²) in [5.41, 5.74) is 1.80. The molecule has 0 saturated carbocycles. The molecule has 0 amide bonds. The normalized spacial score (nSPS) is 10.4. The highest BCUT2D eigenvalue weighted by molar-refractivity contribution is 5.25. The number of benzene rings is 1. The third kappa shape index (κ3) is 2.79. The Bertz CT molecular complexity index is 276. The highest BCUT2D eigenvalue weighted by atomic mass is 19.1. The molecule has 0 aliphatic rings. The van der Waals surface area contributed by atoms with Crippen molar-refractivity contribution < 1.29 is 9.23 Å². The first kappa shape index (κ1) is 10.2. The first-order valence-corrected chi connectivity index (χ1v) is 4.37. The van der Waals surface area contributed by atoms with E-state index in [0.29, 0.717) is 18.6 Å². The summed E-state index contributed by atoms with van der Waals surface area (Å²) in [6.45, 7) is 2.39. The van der Waals surface area contributed by atoms with Crippen LogP contribution in [0.15, 0.2) is 18.2 Å². The van der Waals surface area contributed by atoms with Gasteiger partial charge in [-0.25, -0.2) is 10.3 Å². The van der Waals surface area contributed by atoms with Gasteiger partial charge in [0.05, 0.1) is 6.61 Å². The molecule has 0 heterocycles. The van der Waals surface area contributed by atoms with Crippen LogP contribution < -0.4 is 5.90 Å². The summed E-state index contributed by atoms with van der Waals surface area (Å²) >= 11 is 0. The van der Waals surface area contributed by atoms with Crippen LogP contribution in [0.4, 0.5) is 4.39 Å². The molecule has 0 fully saturated rings. The first-order chi connectivity index (χ1) is 6.27. The highest BCUT2D eigenvalue weighted by Crippen LogP contribution is 2.11. The fourth-order valence-electron chi connectivity index (χ4n) is 1.21. The maximum Gasteiger partial charge on any atom is 0.126 e. The number of hydrogen-bond donors (Lipinski definition) is 1. The molecule has 0 unspecified atom stereocenters. The van der Waals surface area contributed by atoms with E-state index in [-0.39, 0.29) is 5.82 Å². The van der Waals surface area contributed by atoms with Gasteiger partial charge in [-0.1, -0.05) is 19.1 Å². The lowest BCUT2D eigenvalue weighted by Gasteiger charge is -2.04. The van der Waals surface area contributed by atoms with Crippen LogP contribution in [0.5, 0.6) is 0 Å². The Labute approximate surface area is 77.5 Å². The summed E-state index contributed by atoms with van der Waals surface area (Å²) in [7, 11) is 0. The maximum atomic E-state index is 13.1. The zero-order valence-corrected chi connectivity index (χ0v) is 7.72. The molecule has 0 aliphatic heterocycles. The fourth-order valence-corrected chi connectivity index (χ4v) is 1.21. The van der Waals surface area contributed by atoms with Crippen LogP contribution in [0.2, 0.25) is 0 Å². The smallest absolute Gasteiger partial charge is 0.126 e. The molecule has 0 radical (unpaired) electrons. The summed E-state index contributed by atoms with van der Waals surface area (Å²) in [4.78, 5) is 4.41. The van der Waals surface area contributed by atoms with Crippen LogP contribution in [-0.4, -0.2) is 6.61 Å². The Balaban J connectivity index is 2.78. The van der Waals surface area contributed by atoms with Gasteiger partial charge in [0.2, 0.25) is 0 Å². The Hall–Kier alpha value is -0.930. The molecule has 0 bridgehead atoms. The molecule has 3 heteroatoms. The zero-order valence-electron chi connectivity index (χ0n) is 7.72. The third-order valence-corrected chi connectivity index (χ3v) is 2.01. The second-order valence-electron chi connectivity index (χ2n) is 2.90. The Morgan fingerprint density at radius 3 is 2.85 bits per heavy atom. The summed E-state index contributed by atoms with van der Waals surface area (Å²) in [5, 5.41) is 0. The largest absolute Gasteiger partial charge is 0.304 e. The van der Waals surface area contributed by atoms with Crippen LogP contribution in [0, 0.1) is 5.82 Å². The third-order valence-electron chi connectivity index (χ3n) is 2.01. The van der Waals surface area contributed by atoms with E-state index in [1.54, 1.807) is 6.07 Å². The van der Waals surface area contributed by atoms with Crippen molar-refractivity contribution in [1.29, 1.82) is 0 Å². The summed E-state index contributed by atoms with van der Waals surface area (Å²) < 4.78 is 13.1. The van der Waals surface area contributed by atoms with Crippen molar-refractivity contribution in [3.63, 3.8) is 0 Å². The van der Waals surface area contributed by atoms with E-state index < -0.39 is 0 Å². The molecule has 1 rings (SSSR count). The van der Waals surface area contributed by atoms with Crippen LogP contribution in [-0.2, 0) is 17.7 Å². The van der Waals surface area contributed by atoms with Crippen molar-refractivity contribution in [1.82, 2.24) is 0 Å². The lowest BCUT2D eigenvalue weighted by atomic mass is 10.1. The van der Waals surface area contributed by atoms with Gasteiger partial charge in [-0.3, -0.25) is 0 Å². The van der Waals surface area contributed by atoms with Gasteiger partial charge in [0, 0.05) is 6.42 Å². The second kappa shape index (κ2) is 4.94. The van der Waals surface area contributed by atoms with Crippen molar-refractivity contribution in [2.75, 3.05) is 6.61 Å². The number of rotatable bonds is 4. The highest BCUT2D eigenvalue weighted by Gasteiger charge is 2.02. The van der Waals surface area contributed by atoms with Gasteiger partial charge in [-0.05, 0) is 23.6 Å². The number of hydrogen-bond acceptors (Lipinski definition) is 2. The predicted octanol–water partition coefficient (Wildman–Crippen LogP) is 1.82. The van der Waals surface area contributed by atoms with Gasteiger partial charge in [-0.15, -0.1) is 0 Å². The van der Waals surface area contributed by atoms with Gasteiger partial charge in [-0.2, -0.15) is 0 Å². The molecule has 1 aromatic carbocycles. The Morgan fingerprint density at radius 2 is 2.23 bits per heavy atom. The van der Waals surface area contributed by atoms with Crippen LogP contribution in [0.25, 0.3) is 0 Å². The molecule has 0 atom stereocenters. The van der Waals surface area contributed by atoms with E-state index in [2.05, 4.69) is 4.84 Å². The van der Waals surface area contributed by atoms with Gasteiger partial charge in [0.1, 0.15) is 5.82 Å². The number of aryl methyl sites for hydroxylation is 1. The number of halogens is 1. The Morgan fingerprint density at radius 1 is 1.46 bits per heavy atom. The molecule has 0 aromatic heterocycles. The molecule has 13 heavy (non-hydrogen) atoms. The van der Waals surface area contributed by atoms with Crippen molar-refractivity contribution in [3.05, 3.63) is 35.1 Å². The van der Waals surface area contributed by atoms with Crippen molar-refractivity contribution in [2.24, 2.45) is 5.90 Å². The predicted molar refractivity (Wildman–Crippen MR) is 49.6 cm³/mol. The topological polar surface area (TPSA) is 35.2 Å². The van der Waals surface area contributed by atoms with Gasteiger partial charge >= 0.3 is 0 Å². The average molecular weight is 183 g/mol. The summed E-state index contributed by atoms with van der Waals surface area (Å²) in [6.07, 6.45) is 1.44. The standard InChI is InChI=1S/C10H14FNO/c1-2-8-3-4-10(11)9(7-8)5-6-13-12/h3-4,7H,2,5-6,12H2,1H3. The molecule has 72 valence electrons. The summed E-state index contributed by atoms with van der Waals surface area (Å²) in [6, 6.07) is 5.14. The van der Waals surface area contributed by atoms with Gasteiger partial charge in [0.15, 0.2) is 0 Å². The lowest BCUT2D eigenvalue weighted by Crippen LogP contribution is -2.05. The van der Waals surface area contributed by atoms with Gasteiger partial charge < -0.3 is 4.84 Å². The fraction of sp³-hybridized carbons (Fsp3) is 0.400. The SMILES string of the molecule is CCc1ccc(F)c(CCON)c1. The van der Waals surface area contributed by atoms with E-state index >= 15 is 0 Å². The van der Waals surface area contributed by atoms with Crippen LogP contribution >= 0.6 is 0 Å². The monoisotopic (exact) mass is 183 g/mol. The minimum Gasteiger partial charge on any atom is -0.304 e. The van der Waals surface area contributed by atoms with Gasteiger partial charge in [0.25, 0.3) is 0 Å². The van der Waals surface area contributed by atoms with E-state index in [9.17, 15) is 4.39 Å². The van der Waals surface area contributed by atoms with E-state index in [4.69, 9.17) is 5.90 Å². The van der Waals surface area contributed by atoms with Crippen molar-refractivity contribution in [2.45, 2.75) is 19.8 Å². The first-order valence-electron chi connectivity index (χ1n) is 4.37. The molecule has 2 nitrogen and oxygen atoms in total. The van der Waals surface area contributed by atoms with Crippen molar-refractivity contribution in [3.8, 4) is 0 Å². The van der Waals surface area contributed by atoms with Crippen LogP contribution in [0.1, 0.15) is 18.1 Å². The minimum atomic E-state index is -0.186. The lowest BCUT2D eigenvalue weighted by molar-refractivity contribution is 0.140. The zero-order chi connectivity index (χ0) is 9.68. The molecular weight excluding hydrogens is 169 g/mol. The molecule has 0 spiro atoms. The maximum absolute atomic E-state index is 13.1. The molecular formula is C10H14FNO. The molecule has 0 aliphatic carbocycles. The second-order valence-corrected chi connectivity index (χ2v) is 2.90. The van der Waals surface area contributed by atoms with Crippen molar-refractivity contribution >= 4 is 0 Å². The molecule has 1 aromatic rings. The summed E-state index contributed by atoms with van der Waals surface area (Å²) in [5.74, 6) is 4.69. The molecule has 2 N–H and O–H groups in total. The number of nitrogens with two attached hydrogens (primary N) is 1. The van der Waals surface area contributed by atoms with E-state index in [0.717, 1.165) is 12.0 Å². The van der Waals surface area contributed by atoms with E-state index in [1.165, 1.54) is 6.07 Å². The minimum absolute atomic E-state index is 0.186. The average Bonchev–Trinajstić information content (AvgIpc) is 2.17. The van der Waals surface area contributed by atoms with E-state index in [1.807, 2.05) is 13.0 Å².